The van der Waals surface area contributed by atoms with E-state index in [1.54, 1.807) is 0 Å². The molecule has 1 amide bonds. The minimum Gasteiger partial charge on any atom is -0.450 e. The number of rotatable bonds is 5. The maximum Gasteiger partial charge on any atom is 0.409 e. The highest BCUT2D eigenvalue weighted by atomic mass is 35.5. The first kappa shape index (κ1) is 30.4. The number of piperidine rings is 1. The van der Waals surface area contributed by atoms with E-state index in [0.717, 1.165) is 36.4 Å². The Labute approximate surface area is 277 Å². The summed E-state index contributed by atoms with van der Waals surface area (Å²) in [6.07, 6.45) is 5.06. The Balaban J connectivity index is 1.50. The number of aromatic nitrogens is 1. The second-order valence-corrected chi connectivity index (χ2v) is 15.6. The normalized spacial score (nSPS) is 14.7. The van der Waals surface area contributed by atoms with E-state index in [4.69, 9.17) is 21.3 Å². The molecule has 5 aromatic rings. The molecule has 0 saturated carbocycles. The van der Waals surface area contributed by atoms with Gasteiger partial charge in [0.15, 0.2) is 0 Å². The highest BCUT2D eigenvalue weighted by molar-refractivity contribution is 8.01. The monoisotopic (exact) mass is 643 g/mol. The molecule has 0 unspecified atom stereocenters. The Morgan fingerprint density at radius 2 is 1.37 bits per heavy atom. The van der Waals surface area contributed by atoms with Gasteiger partial charge in [-0.05, 0) is 92.3 Å². The van der Waals surface area contributed by atoms with E-state index in [1.807, 2.05) is 24.1 Å². The zero-order valence-corrected chi connectivity index (χ0v) is 27.7. The average molecular weight is 644 g/mol. The Morgan fingerprint density at radius 1 is 0.783 bits per heavy atom. The first-order chi connectivity index (χ1) is 22.6. The van der Waals surface area contributed by atoms with Crippen molar-refractivity contribution in [3.05, 3.63) is 154 Å². The third kappa shape index (κ3) is 5.44. The Morgan fingerprint density at radius 3 is 1.93 bits per heavy atom. The number of pyridine rings is 1. The number of amides is 1. The summed E-state index contributed by atoms with van der Waals surface area (Å²) >= 11 is 6.62. The zero-order valence-electron chi connectivity index (χ0n) is 26.0. The van der Waals surface area contributed by atoms with E-state index >= 15 is 0 Å². The second kappa shape index (κ2) is 13.2. The van der Waals surface area contributed by atoms with Crippen LogP contribution in [0.3, 0.4) is 0 Å². The molecule has 2 aliphatic rings. The summed E-state index contributed by atoms with van der Waals surface area (Å²) in [6.45, 7) is 3.49. The lowest BCUT2D eigenvalue weighted by molar-refractivity contribution is 0.104. The lowest BCUT2D eigenvalue weighted by Crippen LogP contribution is -2.40. The van der Waals surface area contributed by atoms with Crippen LogP contribution in [0.15, 0.2) is 127 Å². The summed E-state index contributed by atoms with van der Waals surface area (Å²) in [5.41, 5.74) is 7.35. The number of likely N-dealkylation sites (tertiary alicyclic amines) is 1. The maximum absolute atomic E-state index is 12.6. The number of benzene rings is 4. The molecule has 0 bridgehead atoms. The third-order valence-corrected chi connectivity index (χ3v) is 13.9. The van der Waals surface area contributed by atoms with E-state index < -0.39 is 7.26 Å². The molecule has 1 aromatic heterocycles. The summed E-state index contributed by atoms with van der Waals surface area (Å²) < 4.78 is 5.33. The van der Waals surface area contributed by atoms with Crippen molar-refractivity contribution in [1.29, 1.82) is 0 Å². The van der Waals surface area contributed by atoms with Crippen molar-refractivity contribution in [1.82, 2.24) is 9.88 Å². The van der Waals surface area contributed by atoms with Crippen LogP contribution >= 0.6 is 18.9 Å². The van der Waals surface area contributed by atoms with Gasteiger partial charge in [0.25, 0.3) is 0 Å². The fourth-order valence-corrected chi connectivity index (χ4v) is 12.0. The van der Waals surface area contributed by atoms with Crippen LogP contribution in [0.2, 0.25) is 5.02 Å². The van der Waals surface area contributed by atoms with Crippen molar-refractivity contribution in [3.8, 4) is 0 Å². The minimum absolute atomic E-state index is 0.233. The number of aryl methyl sites for hydroxylation is 1. The van der Waals surface area contributed by atoms with Crippen molar-refractivity contribution < 1.29 is 9.53 Å². The van der Waals surface area contributed by atoms with E-state index in [0.29, 0.717) is 19.7 Å². The average Bonchev–Trinajstić information content (AvgIpc) is 3.27. The molecule has 4 nitrogen and oxygen atoms in total. The number of carbonyl (C=O) groups excluding carboxylic acids is 1. The van der Waals surface area contributed by atoms with Gasteiger partial charge < -0.3 is 9.64 Å². The number of halogens is 1. The number of carbonyl (C=O) groups is 1. The molecule has 7 rings (SSSR count). The molecule has 230 valence electrons. The van der Waals surface area contributed by atoms with Crippen LogP contribution in [0.25, 0.3) is 5.57 Å². The topological polar surface area (TPSA) is 42.4 Å². The Hall–Kier alpha value is -4.24. The van der Waals surface area contributed by atoms with Gasteiger partial charge in [0.2, 0.25) is 0 Å². The van der Waals surface area contributed by atoms with Crippen molar-refractivity contribution >= 4 is 51.7 Å². The van der Waals surface area contributed by atoms with Crippen LogP contribution in [-0.2, 0) is 17.6 Å². The third-order valence-electron chi connectivity index (χ3n) is 9.29. The van der Waals surface area contributed by atoms with Gasteiger partial charge in [-0.1, -0.05) is 77.8 Å². The van der Waals surface area contributed by atoms with Crippen molar-refractivity contribution in [2.24, 2.45) is 0 Å². The van der Waals surface area contributed by atoms with Gasteiger partial charge in [0.05, 0.1) is 12.3 Å². The predicted molar refractivity (Wildman–Crippen MR) is 192 cm³/mol. The van der Waals surface area contributed by atoms with E-state index in [1.165, 1.54) is 49.1 Å². The number of fused-ring (bicyclic) bond motifs is 2. The van der Waals surface area contributed by atoms with E-state index in [-0.39, 0.29) is 6.09 Å². The predicted octanol–water partition coefficient (Wildman–Crippen LogP) is 7.51. The van der Waals surface area contributed by atoms with Crippen LogP contribution < -0.4 is 21.2 Å². The van der Waals surface area contributed by atoms with Crippen LogP contribution in [0, 0.1) is 0 Å². The lowest BCUT2D eigenvalue weighted by atomic mass is 9.88. The van der Waals surface area contributed by atoms with Gasteiger partial charge in [-0.15, -0.1) is 0 Å². The summed E-state index contributed by atoms with van der Waals surface area (Å²) in [4.78, 5) is 19.6. The van der Waals surface area contributed by atoms with Crippen molar-refractivity contribution in [2.45, 2.75) is 32.6 Å². The van der Waals surface area contributed by atoms with Gasteiger partial charge in [-0.3, -0.25) is 4.98 Å². The van der Waals surface area contributed by atoms with Gasteiger partial charge in [0.1, 0.15) is 28.5 Å². The smallest absolute Gasteiger partial charge is 0.409 e. The van der Waals surface area contributed by atoms with E-state index in [9.17, 15) is 4.79 Å². The molecule has 46 heavy (non-hydrogen) atoms. The summed E-state index contributed by atoms with van der Waals surface area (Å²) in [6, 6.07) is 41.7. The fourth-order valence-electron chi connectivity index (χ4n) is 7.26. The second-order valence-electron chi connectivity index (χ2n) is 11.8. The maximum atomic E-state index is 12.6. The summed E-state index contributed by atoms with van der Waals surface area (Å²) in [5.74, 6) is 0. The van der Waals surface area contributed by atoms with Crippen molar-refractivity contribution in [3.63, 3.8) is 0 Å². The molecular formula is C40H37ClN2O2P+. The van der Waals surface area contributed by atoms with Crippen LogP contribution in [-0.4, -0.2) is 35.7 Å². The van der Waals surface area contributed by atoms with Crippen LogP contribution in [0.4, 0.5) is 4.79 Å². The standard InChI is InChI=1S/C40H37ClN2O2P/c1-2-45-40(44)43-26-23-29(24-27-43)38-35-21-19-31(41)28-30(35)18-20-36-37(22-25-42-39(36)38)46(32-12-6-3-7-13-32,33-14-8-4-9-15-33)34-16-10-5-11-17-34/h3-17,19,21-22,25,28H,2,18,20,23-24,26-27H2,1H3/q+1. The highest BCUT2D eigenvalue weighted by Gasteiger charge is 2.50. The molecule has 1 fully saturated rings. The molecule has 6 heteroatoms. The largest absolute Gasteiger partial charge is 0.450 e. The van der Waals surface area contributed by atoms with Gasteiger partial charge in [-0.25, -0.2) is 4.79 Å². The number of nitrogens with zero attached hydrogens (tertiary/aromatic N) is 2. The fraction of sp³-hybridized carbons (Fsp3) is 0.200. The minimum atomic E-state index is -2.35. The summed E-state index contributed by atoms with van der Waals surface area (Å²) in [5, 5.41) is 6.06. The molecule has 0 N–H and O–H groups in total. The van der Waals surface area contributed by atoms with E-state index in [2.05, 4.69) is 109 Å². The molecule has 2 heterocycles. The Bertz CT molecular complexity index is 1790. The van der Waals surface area contributed by atoms with Crippen molar-refractivity contribution in [2.75, 3.05) is 19.7 Å². The molecular weight excluding hydrogens is 607 g/mol. The molecule has 4 aromatic carbocycles. The SMILES string of the molecule is CCOC(=O)N1CCC(=C2c3ccc(Cl)cc3CCc3c([P+](c4ccccc4)(c4ccccc4)c4ccccc4)ccnc32)CC1. The van der Waals surface area contributed by atoms with Gasteiger partial charge >= 0.3 is 6.09 Å². The number of ether oxygens (including phenoxy) is 1. The molecule has 0 atom stereocenters. The number of hydrogen-bond donors (Lipinski definition) is 0. The molecule has 1 saturated heterocycles. The highest BCUT2D eigenvalue weighted by Crippen LogP contribution is 2.56. The first-order valence-electron chi connectivity index (χ1n) is 16.1. The lowest BCUT2D eigenvalue weighted by Gasteiger charge is -2.31. The molecule has 0 spiro atoms. The van der Waals surface area contributed by atoms with Gasteiger partial charge in [-0.2, -0.15) is 0 Å². The molecule has 0 radical (unpaired) electrons. The first-order valence-corrected chi connectivity index (χ1v) is 18.2. The Kier molecular flexibility index (Phi) is 8.76. The summed E-state index contributed by atoms with van der Waals surface area (Å²) in [7, 11) is -2.35. The molecule has 1 aliphatic heterocycles. The zero-order chi connectivity index (χ0) is 31.5. The van der Waals surface area contributed by atoms with Crippen LogP contribution in [0.5, 0.6) is 0 Å². The quantitative estimate of drug-likeness (QED) is 0.186. The van der Waals surface area contributed by atoms with Gasteiger partial charge in [0, 0.05) is 41.5 Å². The number of hydrogen-bond acceptors (Lipinski definition) is 3. The van der Waals surface area contributed by atoms with Crippen LogP contribution in [0.1, 0.15) is 42.1 Å². The molecule has 1 aliphatic carbocycles.